The maximum Gasteiger partial charge on any atom is 0.119 e. The zero-order valence-electron chi connectivity index (χ0n) is 12.7. The fraction of sp³-hybridized carbons (Fsp3) is 0.529. The monoisotopic (exact) mass is 288 g/mol. The van der Waals surface area contributed by atoms with Gasteiger partial charge in [0.15, 0.2) is 0 Å². The van der Waals surface area contributed by atoms with E-state index in [0.29, 0.717) is 6.42 Å². The SMILES string of the molecule is CN1CCN(CCOc2ccc(C#CCCO)cc2)CC1. The summed E-state index contributed by atoms with van der Waals surface area (Å²) in [5.74, 6) is 6.80. The molecule has 2 rings (SSSR count). The molecule has 0 spiro atoms. The second kappa shape index (κ2) is 8.68. The number of hydrogen-bond donors (Lipinski definition) is 1. The van der Waals surface area contributed by atoms with Crippen LogP contribution in [0.15, 0.2) is 24.3 Å². The van der Waals surface area contributed by atoms with Crippen molar-refractivity contribution in [1.29, 1.82) is 0 Å². The van der Waals surface area contributed by atoms with E-state index in [1.807, 2.05) is 24.3 Å². The van der Waals surface area contributed by atoms with E-state index in [2.05, 4.69) is 28.7 Å². The summed E-state index contributed by atoms with van der Waals surface area (Å²) in [6.45, 7) is 6.34. The first-order valence-electron chi connectivity index (χ1n) is 7.51. The van der Waals surface area contributed by atoms with Gasteiger partial charge in [-0.05, 0) is 31.3 Å². The lowest BCUT2D eigenvalue weighted by Crippen LogP contribution is -2.45. The topological polar surface area (TPSA) is 35.9 Å². The van der Waals surface area contributed by atoms with E-state index in [-0.39, 0.29) is 6.61 Å². The highest BCUT2D eigenvalue weighted by atomic mass is 16.5. The van der Waals surface area contributed by atoms with Crippen LogP contribution >= 0.6 is 0 Å². The molecule has 1 aliphatic heterocycles. The van der Waals surface area contributed by atoms with Gasteiger partial charge in [0.1, 0.15) is 12.4 Å². The van der Waals surface area contributed by atoms with Gasteiger partial charge in [-0.3, -0.25) is 4.90 Å². The van der Waals surface area contributed by atoms with E-state index in [1.54, 1.807) is 0 Å². The number of benzene rings is 1. The predicted molar refractivity (Wildman–Crippen MR) is 84.5 cm³/mol. The molecular weight excluding hydrogens is 264 g/mol. The van der Waals surface area contributed by atoms with Crippen molar-refractivity contribution in [2.24, 2.45) is 0 Å². The third-order valence-corrected chi connectivity index (χ3v) is 3.60. The molecule has 1 heterocycles. The van der Waals surface area contributed by atoms with Crippen LogP contribution in [0.25, 0.3) is 0 Å². The summed E-state index contributed by atoms with van der Waals surface area (Å²) < 4.78 is 5.77. The summed E-state index contributed by atoms with van der Waals surface area (Å²) in [6.07, 6.45) is 0.517. The fourth-order valence-electron chi connectivity index (χ4n) is 2.22. The quantitative estimate of drug-likeness (QED) is 0.822. The molecule has 1 aromatic carbocycles. The van der Waals surface area contributed by atoms with Crippen molar-refractivity contribution >= 4 is 0 Å². The minimum absolute atomic E-state index is 0.112. The van der Waals surface area contributed by atoms with Gasteiger partial charge in [-0.2, -0.15) is 0 Å². The molecule has 1 saturated heterocycles. The van der Waals surface area contributed by atoms with Crippen LogP contribution in [0.2, 0.25) is 0 Å². The van der Waals surface area contributed by atoms with Gasteiger partial charge in [-0.25, -0.2) is 0 Å². The maximum absolute atomic E-state index is 8.68. The lowest BCUT2D eigenvalue weighted by atomic mass is 10.2. The van der Waals surface area contributed by atoms with E-state index in [0.717, 1.165) is 50.6 Å². The van der Waals surface area contributed by atoms with E-state index in [1.165, 1.54) is 0 Å². The van der Waals surface area contributed by atoms with Crippen molar-refractivity contribution in [2.45, 2.75) is 6.42 Å². The summed E-state index contributed by atoms with van der Waals surface area (Å²) in [5.41, 5.74) is 0.954. The molecule has 1 N–H and O–H groups in total. The first-order valence-corrected chi connectivity index (χ1v) is 7.51. The lowest BCUT2D eigenvalue weighted by Gasteiger charge is -2.32. The molecule has 114 valence electrons. The Balaban J connectivity index is 1.70. The molecule has 4 heteroatoms. The maximum atomic E-state index is 8.68. The number of piperazine rings is 1. The molecule has 21 heavy (non-hydrogen) atoms. The van der Waals surface area contributed by atoms with Gasteiger partial charge in [0.2, 0.25) is 0 Å². The molecule has 1 aromatic rings. The average molecular weight is 288 g/mol. The van der Waals surface area contributed by atoms with Gasteiger partial charge in [0, 0.05) is 44.7 Å². The highest BCUT2D eigenvalue weighted by Gasteiger charge is 2.12. The highest BCUT2D eigenvalue weighted by Crippen LogP contribution is 2.11. The molecule has 1 fully saturated rings. The third-order valence-electron chi connectivity index (χ3n) is 3.60. The Morgan fingerprint density at radius 3 is 2.52 bits per heavy atom. The number of aliphatic hydroxyl groups excluding tert-OH is 1. The molecule has 0 amide bonds. The van der Waals surface area contributed by atoms with E-state index >= 15 is 0 Å². The molecule has 0 saturated carbocycles. The van der Waals surface area contributed by atoms with Crippen molar-refractivity contribution in [2.75, 3.05) is 53.0 Å². The van der Waals surface area contributed by atoms with Crippen molar-refractivity contribution in [3.8, 4) is 17.6 Å². The Morgan fingerprint density at radius 1 is 1.14 bits per heavy atom. The fourth-order valence-corrected chi connectivity index (χ4v) is 2.22. The normalized spacial score (nSPS) is 16.3. The van der Waals surface area contributed by atoms with Gasteiger partial charge in [0.05, 0.1) is 6.61 Å². The van der Waals surface area contributed by atoms with Gasteiger partial charge in [-0.15, -0.1) is 0 Å². The van der Waals surface area contributed by atoms with E-state index in [9.17, 15) is 0 Å². The van der Waals surface area contributed by atoms with Crippen LogP contribution in [0.1, 0.15) is 12.0 Å². The standard InChI is InChI=1S/C17H24N2O2/c1-18-9-11-19(12-10-18)13-15-21-17-7-5-16(6-8-17)4-2-3-14-20/h5-8,20H,3,9-15H2,1H3. The summed E-state index contributed by atoms with van der Waals surface area (Å²) >= 11 is 0. The van der Waals surface area contributed by atoms with Crippen LogP contribution in [0, 0.1) is 11.8 Å². The Bertz CT molecular complexity index is 468. The number of rotatable bonds is 5. The Kier molecular flexibility index (Phi) is 6.55. The lowest BCUT2D eigenvalue weighted by molar-refractivity contribution is 0.134. The van der Waals surface area contributed by atoms with Crippen LogP contribution in [-0.4, -0.2) is 67.9 Å². The van der Waals surface area contributed by atoms with Crippen molar-refractivity contribution in [1.82, 2.24) is 9.80 Å². The van der Waals surface area contributed by atoms with Crippen LogP contribution in [0.5, 0.6) is 5.75 Å². The van der Waals surface area contributed by atoms with Crippen LogP contribution < -0.4 is 4.74 Å². The zero-order chi connectivity index (χ0) is 14.9. The first kappa shape index (κ1) is 15.8. The first-order chi connectivity index (χ1) is 10.3. The van der Waals surface area contributed by atoms with Crippen LogP contribution in [0.3, 0.4) is 0 Å². The summed E-state index contributed by atoms with van der Waals surface area (Å²) in [5, 5.41) is 8.68. The van der Waals surface area contributed by atoms with Gasteiger partial charge in [0.25, 0.3) is 0 Å². The molecule has 0 radical (unpaired) electrons. The van der Waals surface area contributed by atoms with Crippen LogP contribution in [0.4, 0.5) is 0 Å². The minimum atomic E-state index is 0.112. The molecule has 1 aliphatic rings. The second-order valence-electron chi connectivity index (χ2n) is 5.29. The Morgan fingerprint density at radius 2 is 1.86 bits per heavy atom. The highest BCUT2D eigenvalue weighted by molar-refractivity contribution is 5.38. The van der Waals surface area contributed by atoms with Gasteiger partial charge < -0.3 is 14.7 Å². The molecule has 4 nitrogen and oxygen atoms in total. The summed E-state index contributed by atoms with van der Waals surface area (Å²) in [6, 6.07) is 7.81. The van der Waals surface area contributed by atoms with E-state index in [4.69, 9.17) is 9.84 Å². The Hall–Kier alpha value is -1.54. The smallest absolute Gasteiger partial charge is 0.119 e. The minimum Gasteiger partial charge on any atom is -0.492 e. The summed E-state index contributed by atoms with van der Waals surface area (Å²) in [7, 11) is 2.17. The molecule has 0 atom stereocenters. The second-order valence-corrected chi connectivity index (χ2v) is 5.29. The molecule has 0 unspecified atom stereocenters. The number of ether oxygens (including phenoxy) is 1. The predicted octanol–water partition coefficient (Wildman–Crippen LogP) is 1.05. The largest absolute Gasteiger partial charge is 0.492 e. The van der Waals surface area contributed by atoms with Crippen molar-refractivity contribution in [3.63, 3.8) is 0 Å². The Labute approximate surface area is 127 Å². The molecule has 0 aromatic heterocycles. The zero-order valence-corrected chi connectivity index (χ0v) is 12.7. The van der Waals surface area contributed by atoms with Crippen LogP contribution in [-0.2, 0) is 0 Å². The molecule has 0 aliphatic carbocycles. The number of aliphatic hydroxyl groups is 1. The number of likely N-dealkylation sites (N-methyl/N-ethyl adjacent to an activating group) is 1. The van der Waals surface area contributed by atoms with Crippen molar-refractivity contribution in [3.05, 3.63) is 29.8 Å². The number of nitrogens with zero attached hydrogens (tertiary/aromatic N) is 2. The number of hydrogen-bond acceptors (Lipinski definition) is 4. The average Bonchev–Trinajstić information content (AvgIpc) is 2.51. The van der Waals surface area contributed by atoms with Crippen molar-refractivity contribution < 1.29 is 9.84 Å². The third kappa shape index (κ3) is 5.76. The van der Waals surface area contributed by atoms with E-state index < -0.39 is 0 Å². The molecular formula is C17H24N2O2. The van der Waals surface area contributed by atoms with Gasteiger partial charge in [-0.1, -0.05) is 11.8 Å². The summed E-state index contributed by atoms with van der Waals surface area (Å²) in [4.78, 5) is 4.79. The van der Waals surface area contributed by atoms with Gasteiger partial charge >= 0.3 is 0 Å². The molecule has 0 bridgehead atoms.